The largest absolute Gasteiger partial charge is 0.266 e. The standard InChI is InChI=1S/C3H6N4/c1-2-3-4-6-7-5-3/h2H,1H3,(H,4,7)(H,5,6). The van der Waals surface area contributed by atoms with E-state index < -0.39 is 0 Å². The van der Waals surface area contributed by atoms with Gasteiger partial charge in [-0.05, 0) is 13.0 Å². The summed E-state index contributed by atoms with van der Waals surface area (Å²) in [5, 5.41) is 7.05. The normalized spacial score (nSPS) is 22.1. The number of nitrogens with zero attached hydrogens (tertiary/aromatic N) is 2. The molecule has 1 aliphatic rings. The molecule has 1 aliphatic heterocycles. The Balaban J connectivity index is 2.59. The quantitative estimate of drug-likeness (QED) is 0.458. The van der Waals surface area contributed by atoms with Crippen LogP contribution in [0.2, 0.25) is 0 Å². The lowest BCUT2D eigenvalue weighted by Crippen LogP contribution is -2.18. The highest BCUT2D eigenvalue weighted by Gasteiger charge is 1.93. The molecule has 0 amide bonds. The van der Waals surface area contributed by atoms with Gasteiger partial charge in [0.25, 0.3) is 0 Å². The van der Waals surface area contributed by atoms with E-state index in [9.17, 15) is 0 Å². The van der Waals surface area contributed by atoms with Gasteiger partial charge in [0, 0.05) is 0 Å². The summed E-state index contributed by atoms with van der Waals surface area (Å²) < 4.78 is 0. The SMILES string of the molecule is CC=C1N=NNN1. The van der Waals surface area contributed by atoms with Crippen LogP contribution in [0.15, 0.2) is 22.2 Å². The van der Waals surface area contributed by atoms with E-state index in [1.807, 2.05) is 13.0 Å². The van der Waals surface area contributed by atoms with Gasteiger partial charge in [0.2, 0.25) is 0 Å². The van der Waals surface area contributed by atoms with E-state index in [1.165, 1.54) is 0 Å². The first-order valence-electron chi connectivity index (χ1n) is 2.01. The zero-order chi connectivity index (χ0) is 5.11. The number of hydrazine groups is 1. The Bertz CT molecular complexity index is 111. The number of hydrogen-bond acceptors (Lipinski definition) is 4. The number of nitrogens with one attached hydrogen (secondary N) is 2. The second-order valence-corrected chi connectivity index (χ2v) is 1.11. The molecule has 0 saturated carbocycles. The van der Waals surface area contributed by atoms with Crippen molar-refractivity contribution in [2.24, 2.45) is 10.3 Å². The summed E-state index contributed by atoms with van der Waals surface area (Å²) in [4.78, 5) is 0. The second-order valence-electron chi connectivity index (χ2n) is 1.11. The van der Waals surface area contributed by atoms with Crippen LogP contribution < -0.4 is 11.0 Å². The maximum atomic E-state index is 3.62. The van der Waals surface area contributed by atoms with Crippen molar-refractivity contribution in [3.8, 4) is 0 Å². The Morgan fingerprint density at radius 3 is 2.86 bits per heavy atom. The number of allylic oxidation sites excluding steroid dienone is 1. The molecule has 4 heteroatoms. The molecule has 4 nitrogen and oxygen atoms in total. The predicted octanol–water partition coefficient (Wildman–Crippen LogP) is 0.323. The molecule has 2 N–H and O–H groups in total. The monoisotopic (exact) mass is 98.1 g/mol. The third-order valence-electron chi connectivity index (χ3n) is 0.665. The van der Waals surface area contributed by atoms with Crippen molar-refractivity contribution in [2.45, 2.75) is 6.92 Å². The van der Waals surface area contributed by atoms with Crippen LogP contribution in [0, 0.1) is 0 Å². The molecule has 0 atom stereocenters. The van der Waals surface area contributed by atoms with Gasteiger partial charge in [-0.2, -0.15) is 0 Å². The summed E-state index contributed by atoms with van der Waals surface area (Å²) in [6.07, 6.45) is 1.82. The molecular weight excluding hydrogens is 92.1 g/mol. The molecule has 0 radical (unpaired) electrons. The lowest BCUT2D eigenvalue weighted by atomic mass is 10.6. The lowest BCUT2D eigenvalue weighted by molar-refractivity contribution is 0.688. The Morgan fingerprint density at radius 1 is 1.71 bits per heavy atom. The fourth-order valence-electron chi connectivity index (χ4n) is 0.316. The fourth-order valence-corrected chi connectivity index (χ4v) is 0.316. The lowest BCUT2D eigenvalue weighted by Gasteiger charge is -1.86. The first kappa shape index (κ1) is 4.11. The Morgan fingerprint density at radius 2 is 2.57 bits per heavy atom. The van der Waals surface area contributed by atoms with E-state index in [2.05, 4.69) is 21.3 Å². The zero-order valence-electron chi connectivity index (χ0n) is 3.97. The summed E-state index contributed by atoms with van der Waals surface area (Å²) in [5.74, 6) is 0.764. The van der Waals surface area contributed by atoms with E-state index >= 15 is 0 Å². The minimum atomic E-state index is 0.764. The van der Waals surface area contributed by atoms with Crippen molar-refractivity contribution >= 4 is 0 Å². The Hall–Kier alpha value is -1.06. The first-order chi connectivity index (χ1) is 3.43. The van der Waals surface area contributed by atoms with E-state index in [0.29, 0.717) is 0 Å². The maximum Gasteiger partial charge on any atom is 0.165 e. The molecule has 0 unspecified atom stereocenters. The smallest absolute Gasteiger partial charge is 0.165 e. The summed E-state index contributed by atoms with van der Waals surface area (Å²) in [7, 11) is 0. The van der Waals surface area contributed by atoms with Gasteiger partial charge < -0.3 is 0 Å². The molecular formula is C3H6N4. The van der Waals surface area contributed by atoms with Gasteiger partial charge in [-0.15, -0.1) is 5.11 Å². The average Bonchev–Trinajstić information content (AvgIpc) is 2.14. The molecule has 0 aromatic carbocycles. The molecule has 0 aromatic rings. The van der Waals surface area contributed by atoms with Crippen LogP contribution in [0.3, 0.4) is 0 Å². The summed E-state index contributed by atoms with van der Waals surface area (Å²) >= 11 is 0. The number of rotatable bonds is 0. The average molecular weight is 98.1 g/mol. The molecule has 0 spiro atoms. The van der Waals surface area contributed by atoms with Crippen LogP contribution in [0.25, 0.3) is 0 Å². The Kier molecular flexibility index (Phi) is 0.934. The summed E-state index contributed by atoms with van der Waals surface area (Å²) in [6.45, 7) is 1.88. The van der Waals surface area contributed by atoms with E-state index in [1.54, 1.807) is 0 Å². The van der Waals surface area contributed by atoms with Gasteiger partial charge in [0.05, 0.1) is 0 Å². The van der Waals surface area contributed by atoms with E-state index in [0.717, 1.165) is 5.82 Å². The second kappa shape index (κ2) is 1.59. The summed E-state index contributed by atoms with van der Waals surface area (Å²) in [6, 6.07) is 0. The van der Waals surface area contributed by atoms with Crippen LogP contribution in [0.5, 0.6) is 0 Å². The minimum Gasteiger partial charge on any atom is -0.266 e. The molecule has 1 rings (SSSR count). The van der Waals surface area contributed by atoms with E-state index in [4.69, 9.17) is 0 Å². The molecule has 0 fully saturated rings. The van der Waals surface area contributed by atoms with Crippen molar-refractivity contribution in [3.63, 3.8) is 0 Å². The third-order valence-corrected chi connectivity index (χ3v) is 0.665. The zero-order valence-corrected chi connectivity index (χ0v) is 3.97. The highest BCUT2D eigenvalue weighted by molar-refractivity contribution is 4.93. The van der Waals surface area contributed by atoms with Crippen molar-refractivity contribution < 1.29 is 0 Å². The highest BCUT2D eigenvalue weighted by Crippen LogP contribution is 1.92. The van der Waals surface area contributed by atoms with Gasteiger partial charge in [0.1, 0.15) is 0 Å². The van der Waals surface area contributed by atoms with Crippen LogP contribution >= 0.6 is 0 Å². The van der Waals surface area contributed by atoms with Crippen molar-refractivity contribution in [1.82, 2.24) is 11.0 Å². The van der Waals surface area contributed by atoms with Gasteiger partial charge in [-0.25, -0.2) is 5.53 Å². The van der Waals surface area contributed by atoms with E-state index in [-0.39, 0.29) is 0 Å². The van der Waals surface area contributed by atoms with Gasteiger partial charge >= 0.3 is 0 Å². The summed E-state index contributed by atoms with van der Waals surface area (Å²) in [5.41, 5.74) is 5.15. The van der Waals surface area contributed by atoms with Crippen LogP contribution in [0.4, 0.5) is 0 Å². The maximum absolute atomic E-state index is 3.62. The molecule has 1 heterocycles. The Labute approximate surface area is 41.3 Å². The molecule has 0 aromatic heterocycles. The minimum absolute atomic E-state index is 0.764. The molecule has 38 valence electrons. The fraction of sp³-hybridized carbons (Fsp3) is 0.333. The first-order valence-corrected chi connectivity index (χ1v) is 2.01. The van der Waals surface area contributed by atoms with Gasteiger partial charge in [-0.1, -0.05) is 5.22 Å². The number of hydrogen-bond donors (Lipinski definition) is 2. The molecule has 7 heavy (non-hydrogen) atoms. The van der Waals surface area contributed by atoms with Gasteiger partial charge in [-0.3, -0.25) is 5.43 Å². The topological polar surface area (TPSA) is 48.8 Å². The van der Waals surface area contributed by atoms with Gasteiger partial charge in [0.15, 0.2) is 5.82 Å². The van der Waals surface area contributed by atoms with Crippen molar-refractivity contribution in [1.29, 1.82) is 0 Å². The molecule has 0 saturated heterocycles. The van der Waals surface area contributed by atoms with Crippen LogP contribution in [0.1, 0.15) is 6.92 Å². The third kappa shape index (κ3) is 0.677. The molecule has 0 aliphatic carbocycles. The van der Waals surface area contributed by atoms with Crippen molar-refractivity contribution in [3.05, 3.63) is 11.9 Å². The van der Waals surface area contributed by atoms with Crippen LogP contribution in [-0.2, 0) is 0 Å². The predicted molar refractivity (Wildman–Crippen MR) is 24.9 cm³/mol. The highest BCUT2D eigenvalue weighted by atomic mass is 15.7. The molecule has 0 bridgehead atoms. The van der Waals surface area contributed by atoms with Crippen LogP contribution in [-0.4, -0.2) is 0 Å². The van der Waals surface area contributed by atoms with Crippen molar-refractivity contribution in [2.75, 3.05) is 0 Å².